The van der Waals surface area contributed by atoms with Gasteiger partial charge in [0.15, 0.2) is 0 Å². The highest BCUT2D eigenvalue weighted by atomic mass is 32.1. The first kappa shape index (κ1) is 14.2. The Labute approximate surface area is 107 Å². The van der Waals surface area contributed by atoms with Crippen molar-refractivity contribution < 1.29 is 19.1 Å². The molecule has 1 unspecified atom stereocenters. The second-order valence-electron chi connectivity index (χ2n) is 5.06. The summed E-state index contributed by atoms with van der Waals surface area (Å²) < 4.78 is 9.91. The van der Waals surface area contributed by atoms with E-state index in [-0.39, 0.29) is 5.25 Å². The maximum atomic E-state index is 11.9. The minimum Gasteiger partial charge on any atom is -0.467 e. The average Bonchev–Trinajstić information content (AvgIpc) is 2.56. The van der Waals surface area contributed by atoms with Gasteiger partial charge >= 0.3 is 12.1 Å². The Hall–Kier alpha value is -0.910. The number of likely N-dealkylation sites (tertiary alicyclic amines) is 1. The van der Waals surface area contributed by atoms with Crippen LogP contribution >= 0.6 is 12.6 Å². The zero-order valence-electron chi connectivity index (χ0n) is 10.6. The van der Waals surface area contributed by atoms with Crippen molar-refractivity contribution in [2.75, 3.05) is 13.7 Å². The number of ether oxygens (including phenoxy) is 2. The monoisotopic (exact) mass is 261 g/mol. The largest absolute Gasteiger partial charge is 0.467 e. The molecule has 1 fully saturated rings. The third-order valence-electron chi connectivity index (χ3n) is 2.38. The first-order valence-electron chi connectivity index (χ1n) is 5.50. The Morgan fingerprint density at radius 2 is 1.94 bits per heavy atom. The molecule has 2 atom stereocenters. The van der Waals surface area contributed by atoms with Crippen LogP contribution in [0, 0.1) is 0 Å². The van der Waals surface area contributed by atoms with Crippen LogP contribution in [-0.4, -0.2) is 47.5 Å². The van der Waals surface area contributed by atoms with Crippen LogP contribution in [0.1, 0.15) is 27.2 Å². The number of esters is 1. The topological polar surface area (TPSA) is 55.8 Å². The van der Waals surface area contributed by atoms with Crippen LogP contribution in [0.25, 0.3) is 0 Å². The highest BCUT2D eigenvalue weighted by molar-refractivity contribution is 7.81. The minimum atomic E-state index is -0.586. The summed E-state index contributed by atoms with van der Waals surface area (Å²) in [6.07, 6.45) is -0.000813. The van der Waals surface area contributed by atoms with Crippen molar-refractivity contribution in [3.8, 4) is 0 Å². The van der Waals surface area contributed by atoms with E-state index in [1.165, 1.54) is 12.0 Å². The summed E-state index contributed by atoms with van der Waals surface area (Å²) >= 11 is 4.29. The molecule has 0 radical (unpaired) electrons. The van der Waals surface area contributed by atoms with Crippen molar-refractivity contribution >= 4 is 24.7 Å². The minimum absolute atomic E-state index is 0.0216. The summed E-state index contributed by atoms with van der Waals surface area (Å²) in [7, 11) is 1.31. The summed E-state index contributed by atoms with van der Waals surface area (Å²) in [6.45, 7) is 5.75. The number of nitrogens with zero attached hydrogens (tertiary/aromatic N) is 1. The Morgan fingerprint density at radius 3 is 2.41 bits per heavy atom. The molecule has 0 spiro atoms. The first-order chi connectivity index (χ1) is 7.74. The molecule has 0 bridgehead atoms. The molecule has 0 aromatic heterocycles. The van der Waals surface area contributed by atoms with E-state index in [0.717, 1.165) is 0 Å². The summed E-state index contributed by atoms with van der Waals surface area (Å²) in [5.74, 6) is -0.424. The molecule has 1 aliphatic heterocycles. The number of carbonyl (C=O) groups is 2. The van der Waals surface area contributed by atoms with Gasteiger partial charge in [-0.2, -0.15) is 12.6 Å². The number of methoxy groups -OCH3 is 1. The quantitative estimate of drug-likeness (QED) is 0.573. The predicted molar refractivity (Wildman–Crippen MR) is 66.1 cm³/mol. The molecule has 0 saturated carbocycles. The molecular formula is C11H19NO4S. The zero-order chi connectivity index (χ0) is 13.2. The first-order valence-corrected chi connectivity index (χ1v) is 6.01. The van der Waals surface area contributed by atoms with Gasteiger partial charge in [0.05, 0.1) is 7.11 Å². The van der Waals surface area contributed by atoms with Gasteiger partial charge in [-0.25, -0.2) is 9.59 Å². The Kier molecular flexibility index (Phi) is 4.30. The Balaban J connectivity index is 2.73. The second-order valence-corrected chi connectivity index (χ2v) is 5.79. The SMILES string of the molecule is COC(=O)C1C[C@@H](S)CN1C(=O)OC(C)(C)C. The van der Waals surface area contributed by atoms with E-state index in [4.69, 9.17) is 4.74 Å². The van der Waals surface area contributed by atoms with E-state index in [2.05, 4.69) is 17.4 Å². The van der Waals surface area contributed by atoms with Gasteiger partial charge in [0.25, 0.3) is 0 Å². The molecule has 1 aliphatic rings. The zero-order valence-corrected chi connectivity index (χ0v) is 11.5. The fourth-order valence-corrected chi connectivity index (χ4v) is 2.07. The summed E-state index contributed by atoms with van der Waals surface area (Å²) in [6, 6.07) is -0.586. The maximum absolute atomic E-state index is 11.9. The van der Waals surface area contributed by atoms with E-state index in [1.807, 2.05) is 0 Å². The lowest BCUT2D eigenvalue weighted by Gasteiger charge is -2.27. The molecule has 1 amide bonds. The number of amides is 1. The Morgan fingerprint density at radius 1 is 1.35 bits per heavy atom. The van der Waals surface area contributed by atoms with Crippen molar-refractivity contribution in [2.24, 2.45) is 0 Å². The van der Waals surface area contributed by atoms with E-state index in [0.29, 0.717) is 13.0 Å². The molecule has 1 heterocycles. The van der Waals surface area contributed by atoms with Crippen molar-refractivity contribution in [2.45, 2.75) is 44.1 Å². The lowest BCUT2D eigenvalue weighted by atomic mass is 10.2. The van der Waals surface area contributed by atoms with E-state index in [1.54, 1.807) is 20.8 Å². The molecular weight excluding hydrogens is 242 g/mol. The average molecular weight is 261 g/mol. The molecule has 0 aromatic rings. The fourth-order valence-electron chi connectivity index (χ4n) is 1.70. The number of rotatable bonds is 1. The molecule has 1 saturated heterocycles. The van der Waals surface area contributed by atoms with Crippen molar-refractivity contribution in [3.63, 3.8) is 0 Å². The van der Waals surface area contributed by atoms with E-state index >= 15 is 0 Å². The summed E-state index contributed by atoms with van der Waals surface area (Å²) in [5.41, 5.74) is -0.577. The van der Waals surface area contributed by atoms with Crippen molar-refractivity contribution in [1.82, 2.24) is 4.90 Å². The molecule has 98 valence electrons. The number of hydrogen-bond donors (Lipinski definition) is 1. The normalized spacial score (nSPS) is 24.6. The van der Waals surface area contributed by atoms with Gasteiger partial charge in [-0.15, -0.1) is 0 Å². The smallest absolute Gasteiger partial charge is 0.411 e. The van der Waals surface area contributed by atoms with E-state index < -0.39 is 23.7 Å². The maximum Gasteiger partial charge on any atom is 0.411 e. The summed E-state index contributed by atoms with van der Waals surface area (Å²) in [5, 5.41) is -0.0216. The lowest BCUT2D eigenvalue weighted by molar-refractivity contribution is -0.145. The molecule has 0 aromatic carbocycles. The van der Waals surface area contributed by atoms with Gasteiger partial charge in [-0.1, -0.05) is 0 Å². The van der Waals surface area contributed by atoms with Crippen LogP contribution in [0.2, 0.25) is 0 Å². The van der Waals surface area contributed by atoms with Gasteiger partial charge in [0.1, 0.15) is 11.6 Å². The second kappa shape index (κ2) is 5.16. The van der Waals surface area contributed by atoms with Crippen LogP contribution in [0.3, 0.4) is 0 Å². The molecule has 6 heteroatoms. The standard InChI is InChI=1S/C11H19NO4S/c1-11(2,3)16-10(14)12-6-7(17)5-8(12)9(13)15-4/h7-8,17H,5-6H2,1-4H3/t7-,8?/m1/s1. The molecule has 0 N–H and O–H groups in total. The van der Waals surface area contributed by atoms with Crippen LogP contribution in [-0.2, 0) is 14.3 Å². The van der Waals surface area contributed by atoms with Gasteiger partial charge < -0.3 is 9.47 Å². The van der Waals surface area contributed by atoms with Gasteiger partial charge in [0, 0.05) is 11.8 Å². The number of thiol groups is 1. The molecule has 0 aliphatic carbocycles. The molecule has 1 rings (SSSR count). The molecule has 17 heavy (non-hydrogen) atoms. The highest BCUT2D eigenvalue weighted by Crippen LogP contribution is 2.24. The number of hydrogen-bond acceptors (Lipinski definition) is 5. The van der Waals surface area contributed by atoms with Gasteiger partial charge in [-0.05, 0) is 27.2 Å². The summed E-state index contributed by atoms with van der Waals surface area (Å²) in [4.78, 5) is 24.8. The van der Waals surface area contributed by atoms with E-state index in [9.17, 15) is 9.59 Å². The number of carbonyl (C=O) groups excluding carboxylic acids is 2. The van der Waals surface area contributed by atoms with Crippen LogP contribution in [0.5, 0.6) is 0 Å². The highest BCUT2D eigenvalue weighted by Gasteiger charge is 2.40. The van der Waals surface area contributed by atoms with Crippen LogP contribution < -0.4 is 0 Å². The lowest BCUT2D eigenvalue weighted by Crippen LogP contribution is -2.43. The van der Waals surface area contributed by atoms with Crippen LogP contribution in [0.4, 0.5) is 4.79 Å². The van der Waals surface area contributed by atoms with Crippen LogP contribution in [0.15, 0.2) is 0 Å². The Bertz CT molecular complexity index is 313. The fraction of sp³-hybridized carbons (Fsp3) is 0.818. The van der Waals surface area contributed by atoms with Gasteiger partial charge in [-0.3, -0.25) is 4.90 Å². The van der Waals surface area contributed by atoms with Gasteiger partial charge in [0.2, 0.25) is 0 Å². The molecule has 5 nitrogen and oxygen atoms in total. The third kappa shape index (κ3) is 3.80. The van der Waals surface area contributed by atoms with Crippen molar-refractivity contribution in [3.05, 3.63) is 0 Å². The van der Waals surface area contributed by atoms with Crippen molar-refractivity contribution in [1.29, 1.82) is 0 Å². The third-order valence-corrected chi connectivity index (χ3v) is 2.75. The predicted octanol–water partition coefficient (Wildman–Crippen LogP) is 1.47.